The smallest absolute Gasteiger partial charge is 0.255 e. The Kier molecular flexibility index (Phi) is 4.81. The van der Waals surface area contributed by atoms with E-state index >= 15 is 0 Å². The van der Waals surface area contributed by atoms with Crippen LogP contribution in [0.5, 0.6) is 0 Å². The summed E-state index contributed by atoms with van der Waals surface area (Å²) in [5, 5.41) is 6.45. The molecule has 2 N–H and O–H groups in total. The monoisotopic (exact) mass is 303 g/mol. The molecule has 2 aromatic rings. The Labute approximate surface area is 129 Å². The van der Waals surface area contributed by atoms with Crippen molar-refractivity contribution in [2.24, 2.45) is 0 Å². The van der Waals surface area contributed by atoms with Crippen LogP contribution in [0.4, 0.5) is 11.5 Å². The van der Waals surface area contributed by atoms with Crippen LogP contribution in [0.3, 0.4) is 0 Å². The van der Waals surface area contributed by atoms with E-state index in [1.54, 1.807) is 25.2 Å². The molecule has 0 atom stereocenters. The summed E-state index contributed by atoms with van der Waals surface area (Å²) in [7, 11) is 1.78. The molecule has 5 heteroatoms. The van der Waals surface area contributed by atoms with Gasteiger partial charge in [0.2, 0.25) is 0 Å². The van der Waals surface area contributed by atoms with Crippen molar-refractivity contribution in [3.63, 3.8) is 0 Å². The van der Waals surface area contributed by atoms with E-state index < -0.39 is 0 Å². The van der Waals surface area contributed by atoms with Crippen molar-refractivity contribution >= 4 is 29.0 Å². The van der Waals surface area contributed by atoms with Crippen molar-refractivity contribution in [2.45, 2.75) is 20.3 Å². The number of pyridine rings is 1. The number of aromatic nitrogens is 1. The highest BCUT2D eigenvalue weighted by Crippen LogP contribution is 2.21. The molecule has 0 spiro atoms. The number of hydrogen-bond donors (Lipinski definition) is 2. The highest BCUT2D eigenvalue weighted by molar-refractivity contribution is 6.31. The summed E-state index contributed by atoms with van der Waals surface area (Å²) in [5.74, 6) is 0.505. The van der Waals surface area contributed by atoms with Crippen LogP contribution in [0.15, 0.2) is 30.3 Å². The number of benzene rings is 1. The SMILES string of the molecule is CCc1cc(C(=O)Nc2ccc(C)c(Cl)c2)cc(NC)n1. The molecule has 1 aromatic heterocycles. The predicted octanol–water partition coefficient (Wildman–Crippen LogP) is 3.90. The number of anilines is 2. The largest absolute Gasteiger partial charge is 0.373 e. The zero-order chi connectivity index (χ0) is 15.4. The molecule has 0 bridgehead atoms. The molecule has 0 aliphatic rings. The standard InChI is InChI=1S/C16H18ClN3O/c1-4-12-7-11(8-15(18-3)19-12)16(21)20-13-6-5-10(2)14(17)9-13/h5-9H,4H2,1-3H3,(H,18,19)(H,20,21). The number of hydrogen-bond acceptors (Lipinski definition) is 3. The van der Waals surface area contributed by atoms with Crippen molar-refractivity contribution in [1.82, 2.24) is 4.98 Å². The maximum absolute atomic E-state index is 12.3. The van der Waals surface area contributed by atoms with Crippen LogP contribution in [0.2, 0.25) is 5.02 Å². The fraction of sp³-hybridized carbons (Fsp3) is 0.250. The minimum Gasteiger partial charge on any atom is -0.373 e. The Morgan fingerprint density at radius 3 is 2.67 bits per heavy atom. The summed E-state index contributed by atoms with van der Waals surface area (Å²) < 4.78 is 0. The van der Waals surface area contributed by atoms with Crippen LogP contribution in [-0.4, -0.2) is 17.9 Å². The molecular formula is C16H18ClN3O. The van der Waals surface area contributed by atoms with Crippen molar-refractivity contribution in [3.05, 3.63) is 52.2 Å². The zero-order valence-corrected chi connectivity index (χ0v) is 13.1. The molecule has 0 fully saturated rings. The summed E-state index contributed by atoms with van der Waals surface area (Å²) in [6.07, 6.45) is 0.770. The van der Waals surface area contributed by atoms with E-state index in [0.717, 1.165) is 17.7 Å². The van der Waals surface area contributed by atoms with Crippen LogP contribution in [-0.2, 0) is 6.42 Å². The van der Waals surface area contributed by atoms with Gasteiger partial charge in [0, 0.05) is 29.0 Å². The lowest BCUT2D eigenvalue weighted by Gasteiger charge is -2.09. The summed E-state index contributed by atoms with van der Waals surface area (Å²) in [5.41, 5.74) is 3.10. The van der Waals surface area contributed by atoms with Crippen LogP contribution in [0.25, 0.3) is 0 Å². The number of nitrogens with zero attached hydrogens (tertiary/aromatic N) is 1. The Morgan fingerprint density at radius 2 is 2.05 bits per heavy atom. The Hall–Kier alpha value is -2.07. The second kappa shape index (κ2) is 6.59. The van der Waals surface area contributed by atoms with E-state index in [9.17, 15) is 4.79 Å². The molecule has 2 rings (SSSR count). The number of carbonyl (C=O) groups is 1. The molecule has 0 radical (unpaired) electrons. The Morgan fingerprint density at radius 1 is 1.29 bits per heavy atom. The lowest BCUT2D eigenvalue weighted by Crippen LogP contribution is -2.13. The zero-order valence-electron chi connectivity index (χ0n) is 12.3. The quantitative estimate of drug-likeness (QED) is 0.900. The van der Waals surface area contributed by atoms with Gasteiger partial charge in [0.25, 0.3) is 5.91 Å². The third-order valence-corrected chi connectivity index (χ3v) is 3.60. The van der Waals surface area contributed by atoms with Gasteiger partial charge in [-0.05, 0) is 43.2 Å². The van der Waals surface area contributed by atoms with Gasteiger partial charge in [0.1, 0.15) is 5.82 Å². The fourth-order valence-electron chi connectivity index (χ4n) is 1.90. The number of amides is 1. The number of halogens is 1. The second-order valence-electron chi connectivity index (χ2n) is 4.75. The van der Waals surface area contributed by atoms with Gasteiger partial charge in [-0.2, -0.15) is 0 Å². The van der Waals surface area contributed by atoms with Gasteiger partial charge in [-0.15, -0.1) is 0 Å². The number of rotatable bonds is 4. The second-order valence-corrected chi connectivity index (χ2v) is 5.16. The van der Waals surface area contributed by atoms with E-state index in [0.29, 0.717) is 22.1 Å². The average Bonchev–Trinajstić information content (AvgIpc) is 2.50. The lowest BCUT2D eigenvalue weighted by atomic mass is 10.1. The first-order valence-corrected chi connectivity index (χ1v) is 7.17. The van der Waals surface area contributed by atoms with Crippen LogP contribution >= 0.6 is 11.6 Å². The van der Waals surface area contributed by atoms with Gasteiger partial charge < -0.3 is 10.6 Å². The lowest BCUT2D eigenvalue weighted by molar-refractivity contribution is 0.102. The molecule has 1 heterocycles. The topological polar surface area (TPSA) is 54.0 Å². The summed E-state index contributed by atoms with van der Waals surface area (Å²) in [6, 6.07) is 8.98. The van der Waals surface area contributed by atoms with Gasteiger partial charge in [0.15, 0.2) is 0 Å². The highest BCUT2D eigenvalue weighted by Gasteiger charge is 2.10. The molecule has 0 aliphatic heterocycles. The average molecular weight is 304 g/mol. The molecule has 21 heavy (non-hydrogen) atoms. The molecule has 110 valence electrons. The minimum atomic E-state index is -0.177. The number of carbonyl (C=O) groups excluding carboxylic acids is 1. The summed E-state index contributed by atoms with van der Waals surface area (Å²) in [4.78, 5) is 16.7. The van der Waals surface area contributed by atoms with Gasteiger partial charge in [-0.3, -0.25) is 4.79 Å². The van der Waals surface area contributed by atoms with E-state index in [1.807, 2.05) is 26.0 Å². The van der Waals surface area contributed by atoms with E-state index in [2.05, 4.69) is 15.6 Å². The first-order chi connectivity index (χ1) is 10.0. The van der Waals surface area contributed by atoms with Crippen LogP contribution < -0.4 is 10.6 Å². The minimum absolute atomic E-state index is 0.177. The predicted molar refractivity (Wildman–Crippen MR) is 87.3 cm³/mol. The van der Waals surface area contributed by atoms with E-state index in [4.69, 9.17) is 11.6 Å². The van der Waals surface area contributed by atoms with Gasteiger partial charge >= 0.3 is 0 Å². The highest BCUT2D eigenvalue weighted by atomic mass is 35.5. The maximum Gasteiger partial charge on any atom is 0.255 e. The van der Waals surface area contributed by atoms with Gasteiger partial charge in [-0.1, -0.05) is 24.6 Å². The molecule has 0 saturated heterocycles. The third-order valence-electron chi connectivity index (χ3n) is 3.19. The number of aryl methyl sites for hydroxylation is 2. The summed E-state index contributed by atoms with van der Waals surface area (Å²) in [6.45, 7) is 3.92. The number of nitrogens with one attached hydrogen (secondary N) is 2. The van der Waals surface area contributed by atoms with Crippen LogP contribution in [0, 0.1) is 6.92 Å². The van der Waals surface area contributed by atoms with Crippen molar-refractivity contribution in [1.29, 1.82) is 0 Å². The molecule has 0 saturated carbocycles. The van der Waals surface area contributed by atoms with E-state index in [1.165, 1.54) is 0 Å². The molecular weight excluding hydrogens is 286 g/mol. The maximum atomic E-state index is 12.3. The summed E-state index contributed by atoms with van der Waals surface area (Å²) >= 11 is 6.07. The first-order valence-electron chi connectivity index (χ1n) is 6.79. The third kappa shape index (κ3) is 3.73. The van der Waals surface area contributed by atoms with Gasteiger partial charge in [0.05, 0.1) is 0 Å². The molecule has 0 unspecified atom stereocenters. The molecule has 1 aromatic carbocycles. The van der Waals surface area contributed by atoms with Crippen molar-refractivity contribution in [3.8, 4) is 0 Å². The molecule has 0 aliphatic carbocycles. The van der Waals surface area contributed by atoms with Crippen molar-refractivity contribution < 1.29 is 4.79 Å². The van der Waals surface area contributed by atoms with Gasteiger partial charge in [-0.25, -0.2) is 4.98 Å². The fourth-order valence-corrected chi connectivity index (χ4v) is 2.08. The van der Waals surface area contributed by atoms with Crippen LogP contribution in [0.1, 0.15) is 28.5 Å². The van der Waals surface area contributed by atoms with E-state index in [-0.39, 0.29) is 5.91 Å². The Bertz CT molecular complexity index is 648. The molecule has 4 nitrogen and oxygen atoms in total. The normalized spacial score (nSPS) is 10.3. The van der Waals surface area contributed by atoms with Crippen molar-refractivity contribution in [2.75, 3.05) is 17.7 Å². The first kappa shape index (κ1) is 15.3. The Balaban J connectivity index is 2.25. The molecule has 1 amide bonds.